The first-order chi connectivity index (χ1) is 12.4. The van der Waals surface area contributed by atoms with Gasteiger partial charge in [-0.05, 0) is 70.5 Å². The van der Waals surface area contributed by atoms with Gasteiger partial charge >= 0.3 is 0 Å². The molecule has 0 atom stereocenters. The van der Waals surface area contributed by atoms with E-state index < -0.39 is 0 Å². The van der Waals surface area contributed by atoms with Crippen LogP contribution in [0.1, 0.15) is 24.2 Å². The average molecular weight is 437 g/mol. The molecule has 138 valence electrons. The zero-order valence-corrected chi connectivity index (χ0v) is 17.2. The van der Waals surface area contributed by atoms with Crippen LogP contribution in [0.3, 0.4) is 0 Å². The second-order valence-corrected chi connectivity index (χ2v) is 7.25. The summed E-state index contributed by atoms with van der Waals surface area (Å²) >= 11 is 8.62. The second kappa shape index (κ2) is 9.54. The molecule has 0 saturated heterocycles. The second-order valence-electron chi connectivity index (χ2n) is 5.99. The Kier molecular flexibility index (Phi) is 7.41. The van der Waals surface area contributed by atoms with Gasteiger partial charge in [0.1, 0.15) is 11.5 Å². The highest BCUT2D eigenvalue weighted by Gasteiger charge is 2.10. The molecule has 2 rings (SSSR count). The van der Waals surface area contributed by atoms with E-state index in [1.54, 1.807) is 31.4 Å². The molecule has 0 bridgehead atoms. The van der Waals surface area contributed by atoms with Gasteiger partial charge in [-0.15, -0.1) is 0 Å². The monoisotopic (exact) mass is 436 g/mol. The van der Waals surface area contributed by atoms with Gasteiger partial charge in [-0.1, -0.05) is 19.9 Å². The predicted molar refractivity (Wildman–Crippen MR) is 111 cm³/mol. The summed E-state index contributed by atoms with van der Waals surface area (Å²) in [5.41, 5.74) is 1.21. The Morgan fingerprint density at radius 2 is 2.00 bits per heavy atom. The summed E-state index contributed by atoms with van der Waals surface area (Å²) in [7, 11) is 1.59. The van der Waals surface area contributed by atoms with Gasteiger partial charge < -0.3 is 14.8 Å². The fraction of sp³-hybridized carbons (Fsp3) is 0.263. The third-order valence-electron chi connectivity index (χ3n) is 3.32. The van der Waals surface area contributed by atoms with Gasteiger partial charge in [0.2, 0.25) is 0 Å². The number of rotatable bonds is 6. The summed E-state index contributed by atoms with van der Waals surface area (Å²) in [6.45, 7) is 4.73. The predicted octanol–water partition coefficient (Wildman–Crippen LogP) is 4.62. The van der Waals surface area contributed by atoms with Crippen LogP contribution in [0.2, 0.25) is 0 Å². The quantitative estimate of drug-likeness (QED) is 0.646. The number of benzene rings is 2. The summed E-state index contributed by atoms with van der Waals surface area (Å²) in [6, 6.07) is 12.4. The Bertz CT molecular complexity index is 796. The number of methoxy groups -OCH3 is 1. The molecule has 7 heteroatoms. The van der Waals surface area contributed by atoms with Crippen LogP contribution >= 0.6 is 28.1 Å². The molecule has 2 N–H and O–H groups in total. The van der Waals surface area contributed by atoms with E-state index in [4.69, 9.17) is 21.7 Å². The molecule has 0 aromatic heterocycles. The van der Waals surface area contributed by atoms with Crippen molar-refractivity contribution in [3.8, 4) is 11.5 Å². The van der Waals surface area contributed by atoms with Crippen LogP contribution in [0, 0.1) is 5.92 Å². The largest absolute Gasteiger partial charge is 0.496 e. The van der Waals surface area contributed by atoms with E-state index in [9.17, 15) is 4.79 Å². The minimum Gasteiger partial charge on any atom is -0.496 e. The van der Waals surface area contributed by atoms with E-state index in [0.29, 0.717) is 29.6 Å². The maximum Gasteiger partial charge on any atom is 0.257 e. The van der Waals surface area contributed by atoms with Crippen molar-refractivity contribution >= 4 is 44.9 Å². The van der Waals surface area contributed by atoms with Crippen LogP contribution in [0.4, 0.5) is 5.69 Å². The van der Waals surface area contributed by atoms with E-state index in [1.165, 1.54) is 0 Å². The molecule has 0 unspecified atom stereocenters. The van der Waals surface area contributed by atoms with Crippen LogP contribution in [-0.2, 0) is 0 Å². The first-order valence-corrected chi connectivity index (χ1v) is 9.28. The van der Waals surface area contributed by atoms with Crippen molar-refractivity contribution in [2.75, 3.05) is 19.0 Å². The fourth-order valence-corrected chi connectivity index (χ4v) is 2.82. The molecule has 0 heterocycles. The lowest BCUT2D eigenvalue weighted by Gasteiger charge is -2.12. The van der Waals surface area contributed by atoms with E-state index >= 15 is 0 Å². The van der Waals surface area contributed by atoms with E-state index in [1.807, 2.05) is 18.2 Å². The van der Waals surface area contributed by atoms with Gasteiger partial charge in [0.25, 0.3) is 5.91 Å². The topological polar surface area (TPSA) is 59.6 Å². The molecule has 0 aliphatic carbocycles. The number of carbonyl (C=O) groups is 1. The van der Waals surface area contributed by atoms with Crippen LogP contribution < -0.4 is 20.1 Å². The Morgan fingerprint density at radius 1 is 1.23 bits per heavy atom. The number of hydrogen-bond donors (Lipinski definition) is 2. The molecule has 5 nitrogen and oxygen atoms in total. The van der Waals surface area contributed by atoms with Crippen molar-refractivity contribution in [2.24, 2.45) is 5.92 Å². The lowest BCUT2D eigenvalue weighted by molar-refractivity contribution is 0.0977. The first kappa shape index (κ1) is 20.2. The summed E-state index contributed by atoms with van der Waals surface area (Å²) in [6.07, 6.45) is 0. The maximum atomic E-state index is 12.4. The van der Waals surface area contributed by atoms with Crippen molar-refractivity contribution in [3.05, 3.63) is 52.5 Å². The molecular formula is C19H21BrN2O3S. The Balaban J connectivity index is 1.97. The van der Waals surface area contributed by atoms with Gasteiger partial charge in [0.15, 0.2) is 5.11 Å². The van der Waals surface area contributed by atoms with Crippen molar-refractivity contribution in [2.45, 2.75) is 13.8 Å². The van der Waals surface area contributed by atoms with Crippen molar-refractivity contribution < 1.29 is 14.3 Å². The third kappa shape index (κ3) is 6.00. The van der Waals surface area contributed by atoms with E-state index in [-0.39, 0.29) is 11.0 Å². The van der Waals surface area contributed by atoms with Crippen LogP contribution in [0.15, 0.2) is 46.9 Å². The SMILES string of the molecule is COc1ccc(NC(=S)NC(=O)c2cccc(OCC(C)C)c2)cc1Br. The molecule has 26 heavy (non-hydrogen) atoms. The van der Waals surface area contributed by atoms with E-state index in [0.717, 1.165) is 10.2 Å². The molecule has 0 radical (unpaired) electrons. The highest BCUT2D eigenvalue weighted by molar-refractivity contribution is 9.10. The number of thiocarbonyl (C=S) groups is 1. The van der Waals surface area contributed by atoms with Gasteiger partial charge in [0, 0.05) is 11.3 Å². The highest BCUT2D eigenvalue weighted by Crippen LogP contribution is 2.27. The molecule has 2 aromatic carbocycles. The lowest BCUT2D eigenvalue weighted by Crippen LogP contribution is -2.34. The Labute approximate surface area is 167 Å². The van der Waals surface area contributed by atoms with Gasteiger partial charge in [0.05, 0.1) is 18.2 Å². The molecule has 0 fully saturated rings. The molecular weight excluding hydrogens is 416 g/mol. The van der Waals surface area contributed by atoms with Crippen LogP contribution in [-0.4, -0.2) is 24.7 Å². The standard InChI is InChI=1S/C19H21BrN2O3S/c1-12(2)11-25-15-6-4-5-13(9-15)18(23)22-19(26)21-14-7-8-17(24-3)16(20)10-14/h4-10,12H,11H2,1-3H3,(H2,21,22,23,26). The fourth-order valence-electron chi connectivity index (χ4n) is 2.07. The smallest absolute Gasteiger partial charge is 0.257 e. The summed E-state index contributed by atoms with van der Waals surface area (Å²) in [5, 5.41) is 5.85. The van der Waals surface area contributed by atoms with Crippen molar-refractivity contribution in [1.82, 2.24) is 5.32 Å². The highest BCUT2D eigenvalue weighted by atomic mass is 79.9. The first-order valence-electron chi connectivity index (χ1n) is 8.07. The molecule has 0 aliphatic heterocycles. The van der Waals surface area contributed by atoms with E-state index in [2.05, 4.69) is 40.4 Å². The normalized spacial score (nSPS) is 10.3. The summed E-state index contributed by atoms with van der Waals surface area (Å²) in [4.78, 5) is 12.4. The van der Waals surface area contributed by atoms with Gasteiger partial charge in [-0.25, -0.2) is 0 Å². The third-order valence-corrected chi connectivity index (χ3v) is 4.14. The maximum absolute atomic E-state index is 12.4. The number of carbonyl (C=O) groups excluding carboxylic acids is 1. The molecule has 1 amide bonds. The number of halogens is 1. The number of amides is 1. The Hall–Kier alpha value is -2.12. The molecule has 0 aliphatic rings. The number of anilines is 1. The van der Waals surface area contributed by atoms with Crippen LogP contribution in [0.25, 0.3) is 0 Å². The summed E-state index contributed by atoms with van der Waals surface area (Å²) in [5.74, 6) is 1.48. The van der Waals surface area contributed by atoms with Crippen LogP contribution in [0.5, 0.6) is 11.5 Å². The lowest BCUT2D eigenvalue weighted by atomic mass is 10.2. The number of hydrogen-bond acceptors (Lipinski definition) is 4. The summed E-state index contributed by atoms with van der Waals surface area (Å²) < 4.78 is 11.6. The minimum absolute atomic E-state index is 0.209. The molecule has 0 spiro atoms. The molecule has 0 saturated carbocycles. The number of nitrogens with one attached hydrogen (secondary N) is 2. The zero-order chi connectivity index (χ0) is 19.1. The average Bonchev–Trinajstić information content (AvgIpc) is 2.60. The Morgan fingerprint density at radius 3 is 2.65 bits per heavy atom. The van der Waals surface area contributed by atoms with Gasteiger partial charge in [-0.3, -0.25) is 10.1 Å². The number of ether oxygens (including phenoxy) is 2. The van der Waals surface area contributed by atoms with Gasteiger partial charge in [-0.2, -0.15) is 0 Å². The van der Waals surface area contributed by atoms with Crippen molar-refractivity contribution in [1.29, 1.82) is 0 Å². The molecule has 2 aromatic rings. The van der Waals surface area contributed by atoms with Crippen molar-refractivity contribution in [3.63, 3.8) is 0 Å². The zero-order valence-electron chi connectivity index (χ0n) is 14.8. The minimum atomic E-state index is -0.301.